The van der Waals surface area contributed by atoms with Crippen LogP contribution in [0.3, 0.4) is 0 Å². The van der Waals surface area contributed by atoms with E-state index in [2.05, 4.69) is 22.4 Å². The number of anilines is 1. The highest BCUT2D eigenvalue weighted by molar-refractivity contribution is 6.01. The number of hydrogen-bond acceptors (Lipinski definition) is 6. The van der Waals surface area contributed by atoms with Crippen molar-refractivity contribution in [1.82, 2.24) is 9.97 Å². The zero-order chi connectivity index (χ0) is 23.1. The molecule has 3 rings (SSSR count). The summed E-state index contributed by atoms with van der Waals surface area (Å²) in [7, 11) is 1.67. The molecule has 0 atom stereocenters. The van der Waals surface area contributed by atoms with E-state index in [1.54, 1.807) is 7.05 Å². The van der Waals surface area contributed by atoms with Crippen molar-refractivity contribution in [1.29, 1.82) is 5.41 Å². The van der Waals surface area contributed by atoms with Gasteiger partial charge >= 0.3 is 0 Å². The average Bonchev–Trinajstić information content (AvgIpc) is 2.80. The average molecular weight is 439 g/mol. The van der Waals surface area contributed by atoms with Crippen LogP contribution < -0.4 is 15.6 Å². The Kier molecular flexibility index (Phi) is 8.20. The second-order valence-corrected chi connectivity index (χ2v) is 8.43. The number of aromatic amines is 1. The second-order valence-electron chi connectivity index (χ2n) is 8.43. The van der Waals surface area contributed by atoms with Gasteiger partial charge in [0.25, 0.3) is 5.56 Å². The van der Waals surface area contributed by atoms with Gasteiger partial charge in [-0.3, -0.25) is 4.79 Å². The van der Waals surface area contributed by atoms with Crippen LogP contribution in [-0.4, -0.2) is 35.6 Å². The van der Waals surface area contributed by atoms with Gasteiger partial charge in [0.05, 0.1) is 17.9 Å². The maximum atomic E-state index is 12.8. The Morgan fingerprint density at radius 1 is 1.28 bits per heavy atom. The molecular formula is C25H34N4O3. The van der Waals surface area contributed by atoms with E-state index in [0.717, 1.165) is 44.0 Å². The van der Waals surface area contributed by atoms with Gasteiger partial charge in [0.1, 0.15) is 29.2 Å². The molecule has 0 radical (unpaired) electrons. The van der Waals surface area contributed by atoms with Crippen LogP contribution in [0, 0.1) is 11.3 Å². The van der Waals surface area contributed by atoms with Crippen molar-refractivity contribution in [3.05, 3.63) is 39.8 Å². The van der Waals surface area contributed by atoms with Gasteiger partial charge < -0.3 is 25.2 Å². The van der Waals surface area contributed by atoms with Gasteiger partial charge in [-0.25, -0.2) is 4.98 Å². The second kappa shape index (κ2) is 11.1. The Bertz CT molecular complexity index is 1010. The van der Waals surface area contributed by atoms with Gasteiger partial charge in [-0.2, -0.15) is 0 Å². The summed E-state index contributed by atoms with van der Waals surface area (Å²) in [6.45, 7) is 4.43. The normalized spacial score (nSPS) is 18.2. The third kappa shape index (κ3) is 5.26. The summed E-state index contributed by atoms with van der Waals surface area (Å²) < 4.78 is 5.86. The number of aromatic nitrogens is 2. The first-order chi connectivity index (χ1) is 15.5. The minimum Gasteiger partial charge on any atom is -0.493 e. The Labute approximate surface area is 189 Å². The molecule has 0 aliphatic heterocycles. The number of H-pyrrole nitrogens is 1. The lowest BCUT2D eigenvalue weighted by atomic mass is 9.77. The van der Waals surface area contributed by atoms with Crippen molar-refractivity contribution in [3.63, 3.8) is 0 Å². The highest BCUT2D eigenvalue weighted by atomic mass is 16.5. The first-order valence-electron chi connectivity index (χ1n) is 11.6. The van der Waals surface area contributed by atoms with Crippen molar-refractivity contribution in [2.75, 3.05) is 19.0 Å². The van der Waals surface area contributed by atoms with Gasteiger partial charge in [0.15, 0.2) is 0 Å². The van der Waals surface area contributed by atoms with Crippen molar-refractivity contribution >= 4 is 17.7 Å². The minimum atomic E-state index is -0.296. The molecule has 7 heteroatoms. The molecule has 1 fully saturated rings. The van der Waals surface area contributed by atoms with E-state index in [1.165, 1.54) is 5.56 Å². The minimum absolute atomic E-state index is 0.296. The Morgan fingerprint density at radius 3 is 2.66 bits per heavy atom. The molecule has 0 amide bonds. The van der Waals surface area contributed by atoms with Gasteiger partial charge in [0.2, 0.25) is 0 Å². The fraction of sp³-hybridized carbons (Fsp3) is 0.520. The monoisotopic (exact) mass is 438 g/mol. The number of nitrogens with one attached hydrogen (secondary N) is 3. The van der Waals surface area contributed by atoms with E-state index in [9.17, 15) is 9.59 Å². The Morgan fingerprint density at radius 2 is 2.03 bits per heavy atom. The molecule has 2 aromatic rings. The number of benzene rings is 1. The summed E-state index contributed by atoms with van der Waals surface area (Å²) in [6, 6.07) is 6.12. The third-order valence-electron chi connectivity index (χ3n) is 6.26. The summed E-state index contributed by atoms with van der Waals surface area (Å²) in [6.07, 6.45) is 7.22. The number of carbonyl (C=O) groups is 1. The predicted octanol–water partition coefficient (Wildman–Crippen LogP) is 4.91. The van der Waals surface area contributed by atoms with E-state index in [0.29, 0.717) is 60.0 Å². The molecule has 1 aliphatic carbocycles. The summed E-state index contributed by atoms with van der Waals surface area (Å²) in [5.41, 5.74) is 2.68. The van der Waals surface area contributed by atoms with Gasteiger partial charge in [-0.1, -0.05) is 19.4 Å². The van der Waals surface area contributed by atoms with Crippen LogP contribution in [0.2, 0.25) is 0 Å². The van der Waals surface area contributed by atoms with Crippen LogP contribution in [0.1, 0.15) is 76.0 Å². The van der Waals surface area contributed by atoms with Crippen LogP contribution in [0.4, 0.5) is 5.69 Å². The van der Waals surface area contributed by atoms with Crippen LogP contribution >= 0.6 is 0 Å². The van der Waals surface area contributed by atoms with Gasteiger partial charge in [-0.15, -0.1) is 0 Å². The molecular weight excluding hydrogens is 404 g/mol. The third-order valence-corrected chi connectivity index (χ3v) is 6.26. The predicted molar refractivity (Wildman–Crippen MR) is 128 cm³/mol. The van der Waals surface area contributed by atoms with Crippen LogP contribution in [-0.2, 0) is 4.79 Å². The van der Waals surface area contributed by atoms with E-state index in [1.807, 2.05) is 19.9 Å². The van der Waals surface area contributed by atoms with Crippen molar-refractivity contribution in [2.24, 2.45) is 5.92 Å². The number of ether oxygens (including phenoxy) is 1. The topological polar surface area (TPSA) is 108 Å². The fourth-order valence-electron chi connectivity index (χ4n) is 4.56. The number of carbonyl (C=O) groups excluding carboxylic acids is 1. The van der Waals surface area contributed by atoms with E-state index in [-0.39, 0.29) is 5.56 Å². The molecule has 0 unspecified atom stereocenters. The largest absolute Gasteiger partial charge is 0.493 e. The lowest BCUT2D eigenvalue weighted by molar-refractivity contribution is -0.108. The SMILES string of the molecule is CCCC(=N)c1nc(-c2cc(C3CCC(CC=O)CC3)ccc2OCC)[nH]c(=O)c1NC. The molecule has 0 saturated heterocycles. The standard InChI is InChI=1S/C25H34N4O3/c1-4-6-20(26)22-23(27-3)25(31)29-24(28-22)19-15-18(11-12-21(19)32-5-2)17-9-7-16(8-10-17)13-14-30/h11-12,14-17,26-27H,4-10,13H2,1-3H3,(H,28,29,31). The van der Waals surface area contributed by atoms with Crippen LogP contribution in [0.15, 0.2) is 23.0 Å². The molecule has 0 spiro atoms. The zero-order valence-electron chi connectivity index (χ0n) is 19.3. The van der Waals surface area contributed by atoms with E-state index < -0.39 is 0 Å². The molecule has 3 N–H and O–H groups in total. The van der Waals surface area contributed by atoms with Crippen molar-refractivity contribution in [3.8, 4) is 17.1 Å². The molecule has 0 bridgehead atoms. The summed E-state index contributed by atoms with van der Waals surface area (Å²) in [5.74, 6) is 1.99. The maximum Gasteiger partial charge on any atom is 0.275 e. The molecule has 1 saturated carbocycles. The summed E-state index contributed by atoms with van der Waals surface area (Å²) in [5, 5.41) is 11.3. The number of rotatable bonds is 10. The number of aldehydes is 1. The quantitative estimate of drug-likeness (QED) is 0.361. The molecule has 172 valence electrons. The molecule has 1 aromatic heterocycles. The van der Waals surface area contributed by atoms with Gasteiger partial charge in [0, 0.05) is 13.5 Å². The first kappa shape index (κ1) is 23.7. The Balaban J connectivity index is 2.02. The van der Waals surface area contributed by atoms with E-state index in [4.69, 9.17) is 15.1 Å². The van der Waals surface area contributed by atoms with Crippen LogP contribution in [0.25, 0.3) is 11.4 Å². The maximum absolute atomic E-state index is 12.8. The van der Waals surface area contributed by atoms with E-state index >= 15 is 0 Å². The smallest absolute Gasteiger partial charge is 0.275 e. The summed E-state index contributed by atoms with van der Waals surface area (Å²) >= 11 is 0. The molecule has 1 heterocycles. The summed E-state index contributed by atoms with van der Waals surface area (Å²) in [4.78, 5) is 31.2. The van der Waals surface area contributed by atoms with Crippen molar-refractivity contribution in [2.45, 2.75) is 64.7 Å². The fourth-order valence-corrected chi connectivity index (χ4v) is 4.56. The number of nitrogens with zero attached hydrogens (tertiary/aromatic N) is 1. The molecule has 1 aliphatic rings. The highest BCUT2D eigenvalue weighted by Gasteiger charge is 2.24. The van der Waals surface area contributed by atoms with Crippen LogP contribution in [0.5, 0.6) is 5.75 Å². The lowest BCUT2D eigenvalue weighted by Crippen LogP contribution is -2.20. The lowest BCUT2D eigenvalue weighted by Gasteiger charge is -2.28. The molecule has 32 heavy (non-hydrogen) atoms. The number of hydrogen-bond donors (Lipinski definition) is 3. The van der Waals surface area contributed by atoms with Crippen molar-refractivity contribution < 1.29 is 9.53 Å². The molecule has 7 nitrogen and oxygen atoms in total. The van der Waals surface area contributed by atoms with Gasteiger partial charge in [-0.05, 0) is 68.6 Å². The zero-order valence-corrected chi connectivity index (χ0v) is 19.3. The highest BCUT2D eigenvalue weighted by Crippen LogP contribution is 2.39. The molecule has 1 aromatic carbocycles. The first-order valence-corrected chi connectivity index (χ1v) is 11.6. The Hall–Kier alpha value is -2.96.